The van der Waals surface area contributed by atoms with Crippen molar-refractivity contribution in [1.29, 1.82) is 0 Å². The van der Waals surface area contributed by atoms with Crippen molar-refractivity contribution >= 4 is 10.9 Å². The van der Waals surface area contributed by atoms with Gasteiger partial charge in [-0.15, -0.1) is 0 Å². The third kappa shape index (κ3) is 5.38. The fourth-order valence-electron chi connectivity index (χ4n) is 3.79. The summed E-state index contributed by atoms with van der Waals surface area (Å²) in [5.41, 5.74) is 4.85. The Morgan fingerprint density at radius 1 is 1.07 bits per heavy atom. The number of aliphatic hydroxyl groups is 2. The summed E-state index contributed by atoms with van der Waals surface area (Å²) in [5, 5.41) is 20.8. The Hall–Kier alpha value is -2.34. The second-order valence-electron chi connectivity index (χ2n) is 7.76. The Bertz CT molecular complexity index is 918. The number of hydrogen-bond acceptors (Lipinski definition) is 4. The van der Waals surface area contributed by atoms with E-state index in [2.05, 4.69) is 41.5 Å². The summed E-state index contributed by atoms with van der Waals surface area (Å²) < 4.78 is 7.79. The highest BCUT2D eigenvalue weighted by Gasteiger charge is 2.15. The van der Waals surface area contributed by atoms with Crippen LogP contribution in [0.25, 0.3) is 10.9 Å². The van der Waals surface area contributed by atoms with E-state index in [1.54, 1.807) is 0 Å². The Kier molecular flexibility index (Phi) is 7.31. The van der Waals surface area contributed by atoms with E-state index in [0.717, 1.165) is 12.3 Å². The number of ether oxygens (including phenoxy) is 1. The van der Waals surface area contributed by atoms with Gasteiger partial charge >= 0.3 is 0 Å². The van der Waals surface area contributed by atoms with E-state index in [-0.39, 0.29) is 6.61 Å². The van der Waals surface area contributed by atoms with E-state index in [1.165, 1.54) is 27.7 Å². The zero-order chi connectivity index (χ0) is 20.8. The van der Waals surface area contributed by atoms with Crippen molar-refractivity contribution in [3.05, 3.63) is 65.4 Å². The summed E-state index contributed by atoms with van der Waals surface area (Å²) in [6.45, 7) is 6.87. The molecule has 2 aromatic carbocycles. The maximum absolute atomic E-state index is 10.7. The van der Waals surface area contributed by atoms with Crippen LogP contribution in [-0.2, 0) is 13.1 Å². The van der Waals surface area contributed by atoms with Crippen molar-refractivity contribution in [2.75, 3.05) is 26.8 Å². The molecule has 1 aromatic heterocycles. The van der Waals surface area contributed by atoms with E-state index < -0.39 is 6.10 Å². The van der Waals surface area contributed by atoms with Crippen LogP contribution in [0.2, 0.25) is 0 Å². The molecule has 29 heavy (non-hydrogen) atoms. The van der Waals surface area contributed by atoms with Gasteiger partial charge in [0.05, 0.1) is 19.3 Å². The molecule has 0 amide bonds. The van der Waals surface area contributed by atoms with Crippen molar-refractivity contribution in [2.45, 2.75) is 39.5 Å². The zero-order valence-electron chi connectivity index (χ0n) is 17.6. The van der Waals surface area contributed by atoms with Crippen LogP contribution >= 0.6 is 0 Å². The van der Waals surface area contributed by atoms with Gasteiger partial charge in [-0.25, -0.2) is 0 Å². The minimum atomic E-state index is -0.449. The molecule has 3 aromatic rings. The number of aliphatic hydroxyl groups excluding tert-OH is 2. The van der Waals surface area contributed by atoms with Crippen molar-refractivity contribution in [3.63, 3.8) is 0 Å². The first-order valence-corrected chi connectivity index (χ1v) is 10.2. The molecule has 0 aliphatic carbocycles. The molecule has 0 unspecified atom stereocenters. The molecule has 0 aliphatic heterocycles. The molecule has 2 N–H and O–H groups in total. The van der Waals surface area contributed by atoms with Gasteiger partial charge in [0, 0.05) is 42.7 Å². The minimum absolute atomic E-state index is 0.142. The van der Waals surface area contributed by atoms with Gasteiger partial charge in [0.25, 0.3) is 0 Å². The maximum atomic E-state index is 10.7. The molecule has 5 nitrogen and oxygen atoms in total. The number of benzene rings is 2. The molecular weight excluding hydrogens is 364 g/mol. The lowest BCUT2D eigenvalue weighted by Crippen LogP contribution is -2.32. The van der Waals surface area contributed by atoms with Gasteiger partial charge in [-0.3, -0.25) is 4.90 Å². The summed E-state index contributed by atoms with van der Waals surface area (Å²) in [5.74, 6) is 0.815. The topological polar surface area (TPSA) is 57.9 Å². The van der Waals surface area contributed by atoms with Crippen LogP contribution < -0.4 is 4.74 Å². The summed E-state index contributed by atoms with van der Waals surface area (Å²) in [4.78, 5) is 2.14. The fraction of sp³-hybridized carbons (Fsp3) is 0.417. The highest BCUT2D eigenvalue weighted by atomic mass is 16.5. The Balaban J connectivity index is 1.56. The molecule has 0 radical (unpaired) electrons. The van der Waals surface area contributed by atoms with E-state index >= 15 is 0 Å². The summed E-state index contributed by atoms with van der Waals surface area (Å²) >= 11 is 0. The van der Waals surface area contributed by atoms with Crippen molar-refractivity contribution < 1.29 is 14.9 Å². The van der Waals surface area contributed by atoms with Gasteiger partial charge in [0.1, 0.15) is 5.75 Å². The van der Waals surface area contributed by atoms with Crippen LogP contribution in [0, 0.1) is 13.8 Å². The highest BCUT2D eigenvalue weighted by molar-refractivity contribution is 5.85. The molecule has 5 heteroatoms. The van der Waals surface area contributed by atoms with E-state index in [4.69, 9.17) is 9.84 Å². The third-order valence-electron chi connectivity index (χ3n) is 5.41. The molecule has 0 spiro atoms. The van der Waals surface area contributed by atoms with Crippen molar-refractivity contribution in [3.8, 4) is 5.75 Å². The number of aromatic nitrogens is 1. The standard InChI is InChI=1S/C24H32N2O3/c1-18-19(2)26(24-8-5-4-7-23(18)24)17-21(28)16-25(3)15-20-9-11-22(12-10-20)29-14-6-13-27/h4-5,7-12,21,27-28H,6,13-17H2,1-3H3/t21-/m1/s1. The van der Waals surface area contributed by atoms with E-state index in [0.29, 0.717) is 26.1 Å². The number of likely N-dealkylation sites (N-methyl/N-ethyl adjacent to an activating group) is 1. The Morgan fingerprint density at radius 2 is 1.79 bits per heavy atom. The minimum Gasteiger partial charge on any atom is -0.494 e. The van der Waals surface area contributed by atoms with Gasteiger partial charge in [0.2, 0.25) is 0 Å². The second kappa shape index (κ2) is 9.92. The molecular formula is C24H32N2O3. The summed E-state index contributed by atoms with van der Waals surface area (Å²) in [6, 6.07) is 16.4. The van der Waals surface area contributed by atoms with Gasteiger partial charge < -0.3 is 19.5 Å². The third-order valence-corrected chi connectivity index (χ3v) is 5.41. The van der Waals surface area contributed by atoms with Crippen LogP contribution in [0.4, 0.5) is 0 Å². The second-order valence-corrected chi connectivity index (χ2v) is 7.76. The number of nitrogens with zero attached hydrogens (tertiary/aromatic N) is 2. The number of fused-ring (bicyclic) bond motifs is 1. The Labute approximate surface area is 173 Å². The van der Waals surface area contributed by atoms with Crippen LogP contribution in [0.15, 0.2) is 48.5 Å². The molecule has 0 aliphatic rings. The highest BCUT2D eigenvalue weighted by Crippen LogP contribution is 2.25. The number of aryl methyl sites for hydroxylation is 1. The summed E-state index contributed by atoms with van der Waals surface area (Å²) in [6.07, 6.45) is 0.188. The lowest BCUT2D eigenvalue weighted by molar-refractivity contribution is 0.108. The lowest BCUT2D eigenvalue weighted by atomic mass is 10.2. The maximum Gasteiger partial charge on any atom is 0.119 e. The molecule has 0 saturated heterocycles. The average Bonchev–Trinajstić information content (AvgIpc) is 2.94. The lowest BCUT2D eigenvalue weighted by Gasteiger charge is -2.22. The first-order chi connectivity index (χ1) is 14.0. The predicted octanol–water partition coefficient (Wildman–Crippen LogP) is 3.51. The van der Waals surface area contributed by atoms with Gasteiger partial charge in [-0.05, 0) is 50.2 Å². The fourth-order valence-corrected chi connectivity index (χ4v) is 3.79. The van der Waals surface area contributed by atoms with Gasteiger partial charge in [-0.2, -0.15) is 0 Å². The molecule has 1 atom stereocenters. The van der Waals surface area contributed by atoms with Crippen molar-refractivity contribution in [2.24, 2.45) is 0 Å². The van der Waals surface area contributed by atoms with Crippen LogP contribution in [0.1, 0.15) is 23.2 Å². The number of rotatable bonds is 10. The van der Waals surface area contributed by atoms with Crippen LogP contribution in [0.5, 0.6) is 5.75 Å². The SMILES string of the molecule is Cc1c(C)n(C[C@H](O)CN(C)Cc2ccc(OCCCO)cc2)c2ccccc12. The van der Waals surface area contributed by atoms with E-state index in [9.17, 15) is 5.11 Å². The van der Waals surface area contributed by atoms with Crippen molar-refractivity contribution in [1.82, 2.24) is 9.47 Å². The molecule has 3 rings (SSSR count). The molecule has 0 saturated carbocycles. The smallest absolute Gasteiger partial charge is 0.119 e. The number of hydrogen-bond donors (Lipinski definition) is 2. The predicted molar refractivity (Wildman–Crippen MR) is 117 cm³/mol. The summed E-state index contributed by atoms with van der Waals surface area (Å²) in [7, 11) is 2.03. The monoisotopic (exact) mass is 396 g/mol. The van der Waals surface area contributed by atoms with Crippen LogP contribution in [-0.4, -0.2) is 52.6 Å². The molecule has 1 heterocycles. The van der Waals surface area contributed by atoms with Gasteiger partial charge in [-0.1, -0.05) is 30.3 Å². The number of para-hydroxylation sites is 1. The molecule has 0 bridgehead atoms. The largest absolute Gasteiger partial charge is 0.494 e. The first kappa shape index (κ1) is 21.4. The molecule has 0 fully saturated rings. The molecule has 156 valence electrons. The zero-order valence-corrected chi connectivity index (χ0v) is 17.6. The normalized spacial score (nSPS) is 12.6. The first-order valence-electron chi connectivity index (χ1n) is 10.2. The average molecular weight is 397 g/mol. The van der Waals surface area contributed by atoms with Gasteiger partial charge in [0.15, 0.2) is 0 Å². The Morgan fingerprint density at radius 3 is 2.52 bits per heavy atom. The van der Waals surface area contributed by atoms with E-state index in [1.807, 2.05) is 37.4 Å². The quantitative estimate of drug-likeness (QED) is 0.515. The van der Waals surface area contributed by atoms with Crippen LogP contribution in [0.3, 0.4) is 0 Å².